The first-order valence-electron chi connectivity index (χ1n) is 11.2. The van der Waals surface area contributed by atoms with Gasteiger partial charge >= 0.3 is 5.97 Å². The Morgan fingerprint density at radius 3 is 2.63 bits per heavy atom. The third-order valence-corrected chi connectivity index (χ3v) is 5.43. The topological polar surface area (TPSA) is 98.1 Å². The van der Waals surface area contributed by atoms with E-state index in [4.69, 9.17) is 9.47 Å². The van der Waals surface area contributed by atoms with E-state index in [-0.39, 0.29) is 12.3 Å². The van der Waals surface area contributed by atoms with Gasteiger partial charge in [0.15, 0.2) is 5.65 Å². The number of anilines is 2. The van der Waals surface area contributed by atoms with Crippen LogP contribution >= 0.6 is 0 Å². The zero-order valence-corrected chi connectivity index (χ0v) is 19.9. The van der Waals surface area contributed by atoms with Crippen LogP contribution in [0.5, 0.6) is 5.75 Å². The fourth-order valence-electron chi connectivity index (χ4n) is 3.59. The smallest absolute Gasteiger partial charge is 0.338 e. The van der Waals surface area contributed by atoms with Crippen molar-refractivity contribution in [2.75, 3.05) is 37.5 Å². The summed E-state index contributed by atoms with van der Waals surface area (Å²) >= 11 is 0. The molecule has 2 aromatic heterocycles. The summed E-state index contributed by atoms with van der Waals surface area (Å²) in [4.78, 5) is 31.2. The molecule has 0 aliphatic rings. The van der Waals surface area contributed by atoms with Gasteiger partial charge in [0.05, 0.1) is 32.0 Å². The van der Waals surface area contributed by atoms with Crippen molar-refractivity contribution in [3.63, 3.8) is 0 Å². The summed E-state index contributed by atoms with van der Waals surface area (Å²) in [5.41, 5.74) is 3.12. The molecule has 0 aliphatic heterocycles. The van der Waals surface area contributed by atoms with E-state index in [9.17, 15) is 9.59 Å². The number of carbonyl (C=O) groups is 2. The maximum Gasteiger partial charge on any atom is 0.338 e. The second-order valence-corrected chi connectivity index (χ2v) is 7.89. The van der Waals surface area contributed by atoms with Gasteiger partial charge in [0.1, 0.15) is 17.3 Å². The molecule has 9 nitrogen and oxygen atoms in total. The van der Waals surface area contributed by atoms with Crippen LogP contribution in [0.15, 0.2) is 66.9 Å². The largest absolute Gasteiger partial charge is 0.497 e. The summed E-state index contributed by atoms with van der Waals surface area (Å²) in [5, 5.41) is 7.71. The average Bonchev–Trinajstić information content (AvgIpc) is 3.31. The molecule has 0 atom stereocenters. The van der Waals surface area contributed by atoms with Crippen molar-refractivity contribution in [1.82, 2.24) is 14.6 Å². The highest BCUT2D eigenvalue weighted by Crippen LogP contribution is 2.18. The Bertz CT molecular complexity index is 1330. The van der Waals surface area contributed by atoms with Crippen molar-refractivity contribution < 1.29 is 19.1 Å². The molecule has 0 radical (unpaired) electrons. The SMILES string of the molecule is CCOC(=O)c1cccc(NCC(=O)c2cnc3ccc(N(C)Cc4ccc(OC)cc4)nn23)c1. The number of carbonyl (C=O) groups excluding carboxylic acids is 2. The van der Waals surface area contributed by atoms with Gasteiger partial charge in [0.25, 0.3) is 0 Å². The number of benzene rings is 2. The van der Waals surface area contributed by atoms with E-state index in [1.54, 1.807) is 42.8 Å². The fourth-order valence-corrected chi connectivity index (χ4v) is 3.59. The molecule has 2 heterocycles. The lowest BCUT2D eigenvalue weighted by molar-refractivity contribution is 0.0526. The molecule has 0 saturated heterocycles. The molecule has 35 heavy (non-hydrogen) atoms. The number of ketones is 1. The van der Waals surface area contributed by atoms with Crippen molar-refractivity contribution in [3.8, 4) is 5.75 Å². The number of esters is 1. The lowest BCUT2D eigenvalue weighted by Gasteiger charge is -2.18. The second kappa shape index (κ2) is 10.7. The van der Waals surface area contributed by atoms with Crippen LogP contribution in [0, 0.1) is 0 Å². The fraction of sp³-hybridized carbons (Fsp3) is 0.231. The van der Waals surface area contributed by atoms with Gasteiger partial charge in [-0.2, -0.15) is 0 Å². The highest BCUT2D eigenvalue weighted by molar-refractivity contribution is 5.98. The van der Waals surface area contributed by atoms with E-state index >= 15 is 0 Å². The summed E-state index contributed by atoms with van der Waals surface area (Å²) in [7, 11) is 3.58. The third-order valence-electron chi connectivity index (χ3n) is 5.43. The molecule has 9 heteroatoms. The first-order valence-corrected chi connectivity index (χ1v) is 11.2. The van der Waals surface area contributed by atoms with Gasteiger partial charge in [-0.25, -0.2) is 14.3 Å². The summed E-state index contributed by atoms with van der Waals surface area (Å²) in [6.45, 7) is 2.71. The zero-order chi connectivity index (χ0) is 24.8. The summed E-state index contributed by atoms with van der Waals surface area (Å²) < 4.78 is 11.8. The first kappa shape index (κ1) is 23.7. The summed E-state index contributed by atoms with van der Waals surface area (Å²) in [5.74, 6) is 0.926. The molecule has 0 bridgehead atoms. The molecule has 2 aromatic carbocycles. The molecule has 1 N–H and O–H groups in total. The van der Waals surface area contributed by atoms with E-state index < -0.39 is 5.97 Å². The predicted molar refractivity (Wildman–Crippen MR) is 133 cm³/mol. The zero-order valence-electron chi connectivity index (χ0n) is 19.9. The molecule has 0 unspecified atom stereocenters. The monoisotopic (exact) mass is 473 g/mol. The summed E-state index contributed by atoms with van der Waals surface area (Å²) in [6.07, 6.45) is 1.52. The predicted octanol–water partition coefficient (Wildman–Crippen LogP) is 3.85. The number of aromatic nitrogens is 3. The molecular formula is C26H27N5O4. The number of hydrogen-bond acceptors (Lipinski definition) is 8. The van der Waals surface area contributed by atoms with Gasteiger partial charge in [0, 0.05) is 19.3 Å². The van der Waals surface area contributed by atoms with Crippen LogP contribution in [-0.4, -0.2) is 53.7 Å². The number of rotatable bonds is 10. The Morgan fingerprint density at radius 1 is 1.09 bits per heavy atom. The van der Waals surface area contributed by atoms with E-state index in [2.05, 4.69) is 15.4 Å². The normalized spacial score (nSPS) is 10.7. The second-order valence-electron chi connectivity index (χ2n) is 7.89. The minimum absolute atomic E-state index is 0.0215. The van der Waals surface area contributed by atoms with Crippen LogP contribution in [0.25, 0.3) is 5.65 Å². The van der Waals surface area contributed by atoms with Gasteiger partial charge in [0.2, 0.25) is 5.78 Å². The average molecular weight is 474 g/mol. The number of hydrogen-bond donors (Lipinski definition) is 1. The number of fused-ring (bicyclic) bond motifs is 1. The molecule has 0 saturated carbocycles. The van der Waals surface area contributed by atoms with Crippen molar-refractivity contribution in [2.24, 2.45) is 0 Å². The molecule has 180 valence electrons. The molecule has 4 rings (SSSR count). The minimum Gasteiger partial charge on any atom is -0.497 e. The van der Waals surface area contributed by atoms with Crippen molar-refractivity contribution in [2.45, 2.75) is 13.5 Å². The van der Waals surface area contributed by atoms with Gasteiger partial charge in [-0.1, -0.05) is 18.2 Å². The van der Waals surface area contributed by atoms with Crippen LogP contribution in [0.1, 0.15) is 33.3 Å². The van der Waals surface area contributed by atoms with E-state index in [0.717, 1.165) is 11.3 Å². The highest BCUT2D eigenvalue weighted by atomic mass is 16.5. The van der Waals surface area contributed by atoms with Crippen LogP contribution in [-0.2, 0) is 11.3 Å². The van der Waals surface area contributed by atoms with Gasteiger partial charge in [-0.05, 0) is 55.0 Å². The maximum atomic E-state index is 13.0. The lowest BCUT2D eigenvalue weighted by Crippen LogP contribution is -2.20. The molecule has 0 aliphatic carbocycles. The lowest BCUT2D eigenvalue weighted by atomic mass is 10.2. The number of nitrogens with one attached hydrogen (secondary N) is 1. The van der Waals surface area contributed by atoms with Crippen LogP contribution in [0.3, 0.4) is 0 Å². The molecule has 4 aromatic rings. The van der Waals surface area contributed by atoms with Crippen molar-refractivity contribution in [3.05, 3.63) is 83.7 Å². The first-order chi connectivity index (χ1) is 17.0. The Labute approximate surface area is 203 Å². The third kappa shape index (κ3) is 5.57. The quantitative estimate of drug-likeness (QED) is 0.274. The minimum atomic E-state index is -0.403. The Kier molecular flexibility index (Phi) is 7.25. The maximum absolute atomic E-state index is 13.0. The van der Waals surface area contributed by atoms with Gasteiger partial charge in [-0.3, -0.25) is 4.79 Å². The van der Waals surface area contributed by atoms with Crippen LogP contribution < -0.4 is 15.0 Å². The Balaban J connectivity index is 1.46. The molecular weight excluding hydrogens is 446 g/mol. The van der Waals surface area contributed by atoms with Crippen molar-refractivity contribution in [1.29, 1.82) is 0 Å². The number of ether oxygens (including phenoxy) is 2. The highest BCUT2D eigenvalue weighted by Gasteiger charge is 2.15. The van der Waals surface area contributed by atoms with E-state index in [1.165, 1.54) is 6.20 Å². The Hall–Kier alpha value is -4.40. The number of nitrogens with zero attached hydrogens (tertiary/aromatic N) is 4. The molecule has 0 fully saturated rings. The van der Waals surface area contributed by atoms with E-state index in [1.807, 2.05) is 48.3 Å². The van der Waals surface area contributed by atoms with Crippen molar-refractivity contribution >= 4 is 28.9 Å². The summed E-state index contributed by atoms with van der Waals surface area (Å²) in [6, 6.07) is 18.4. The molecule has 0 amide bonds. The van der Waals surface area contributed by atoms with E-state index in [0.29, 0.717) is 41.6 Å². The van der Waals surface area contributed by atoms with Gasteiger partial charge < -0.3 is 19.7 Å². The number of methoxy groups -OCH3 is 1. The van der Waals surface area contributed by atoms with Gasteiger partial charge in [-0.15, -0.1) is 5.10 Å². The standard InChI is InChI=1S/C26H27N5O4/c1-4-35-26(33)19-6-5-7-20(14-19)27-16-23(32)22-15-28-24-12-13-25(29-31(22)24)30(2)17-18-8-10-21(34-3)11-9-18/h5-15,27H,4,16-17H2,1-3H3. The van der Waals surface area contributed by atoms with Crippen LogP contribution in [0.4, 0.5) is 11.5 Å². The number of Topliss-reactive ketones (excluding diaryl/α,β-unsaturated/α-hetero) is 1. The van der Waals surface area contributed by atoms with Crippen LogP contribution in [0.2, 0.25) is 0 Å². The number of imidazole rings is 1. The Morgan fingerprint density at radius 2 is 1.89 bits per heavy atom. The molecule has 0 spiro atoms.